The molecule has 14 heavy (non-hydrogen) atoms. The van der Waals surface area contributed by atoms with E-state index in [1.807, 2.05) is 18.3 Å². The molecule has 1 aliphatic rings. The maximum Gasteiger partial charge on any atom is 0.0964 e. The van der Waals surface area contributed by atoms with Crippen LogP contribution in [0.25, 0.3) is 0 Å². The van der Waals surface area contributed by atoms with Crippen LogP contribution in [-0.4, -0.2) is 24.7 Å². The number of morpholine rings is 1. The summed E-state index contributed by atoms with van der Waals surface area (Å²) in [6.45, 7) is 2.64. The monoisotopic (exact) mass is 236 g/mol. The third-order valence-corrected chi connectivity index (χ3v) is 1.98. The Labute approximate surface area is 96.1 Å². The van der Waals surface area contributed by atoms with Crippen LogP contribution in [-0.2, 0) is 4.74 Å². The highest BCUT2D eigenvalue weighted by atomic mass is 35.5. The topological polar surface area (TPSA) is 34.2 Å². The van der Waals surface area contributed by atoms with Gasteiger partial charge < -0.3 is 10.1 Å². The van der Waals surface area contributed by atoms with Crippen molar-refractivity contribution < 1.29 is 4.74 Å². The van der Waals surface area contributed by atoms with Gasteiger partial charge in [0.05, 0.1) is 12.7 Å². The standard InChI is InChI=1S/C9H12N2O.2ClH/c1-2-8(6-10-3-1)9-7-11-4-5-12-9;;/h1-3,6,9,11H,4-5,7H2;2*1H. The Balaban J connectivity index is 0.000000845. The molecule has 0 aromatic carbocycles. The summed E-state index contributed by atoms with van der Waals surface area (Å²) in [6.07, 6.45) is 3.82. The number of hydrogen-bond acceptors (Lipinski definition) is 3. The van der Waals surface area contributed by atoms with Gasteiger partial charge in [0.1, 0.15) is 0 Å². The van der Waals surface area contributed by atoms with E-state index in [0.29, 0.717) is 0 Å². The first-order valence-electron chi connectivity index (χ1n) is 4.19. The minimum atomic E-state index is 0. The second-order valence-corrected chi connectivity index (χ2v) is 2.85. The molecule has 0 saturated carbocycles. The van der Waals surface area contributed by atoms with Crippen LogP contribution >= 0.6 is 24.8 Å². The quantitative estimate of drug-likeness (QED) is 0.805. The van der Waals surface area contributed by atoms with Crippen molar-refractivity contribution in [3.05, 3.63) is 30.1 Å². The fraction of sp³-hybridized carbons (Fsp3) is 0.444. The Hall–Kier alpha value is -0.350. The summed E-state index contributed by atoms with van der Waals surface area (Å²) < 4.78 is 5.56. The number of nitrogens with zero attached hydrogens (tertiary/aromatic N) is 1. The van der Waals surface area contributed by atoms with Crippen molar-refractivity contribution in [2.24, 2.45) is 0 Å². The molecule has 0 aliphatic carbocycles. The average molecular weight is 237 g/mol. The largest absolute Gasteiger partial charge is 0.371 e. The number of nitrogens with one attached hydrogen (secondary N) is 1. The van der Waals surface area contributed by atoms with Crippen molar-refractivity contribution in [3.8, 4) is 0 Å². The van der Waals surface area contributed by atoms with Crippen LogP contribution in [0.4, 0.5) is 0 Å². The van der Waals surface area contributed by atoms with Gasteiger partial charge in [-0.3, -0.25) is 4.98 Å². The van der Waals surface area contributed by atoms with Gasteiger partial charge in [-0.1, -0.05) is 6.07 Å². The van der Waals surface area contributed by atoms with Crippen LogP contribution in [0.1, 0.15) is 11.7 Å². The summed E-state index contributed by atoms with van der Waals surface area (Å²) in [4.78, 5) is 4.05. The Morgan fingerprint density at radius 3 is 2.86 bits per heavy atom. The summed E-state index contributed by atoms with van der Waals surface area (Å²) in [5.41, 5.74) is 1.16. The molecule has 2 heterocycles. The zero-order chi connectivity index (χ0) is 8.23. The van der Waals surface area contributed by atoms with E-state index in [1.165, 1.54) is 0 Å². The van der Waals surface area contributed by atoms with E-state index in [9.17, 15) is 0 Å². The van der Waals surface area contributed by atoms with Gasteiger partial charge in [0.25, 0.3) is 0 Å². The summed E-state index contributed by atoms with van der Waals surface area (Å²) in [7, 11) is 0. The molecule has 1 fully saturated rings. The van der Waals surface area contributed by atoms with E-state index < -0.39 is 0 Å². The maximum absolute atomic E-state index is 5.56. The van der Waals surface area contributed by atoms with E-state index in [0.717, 1.165) is 25.3 Å². The number of hydrogen-bond donors (Lipinski definition) is 1. The first-order valence-corrected chi connectivity index (χ1v) is 4.19. The lowest BCUT2D eigenvalue weighted by atomic mass is 10.1. The minimum absolute atomic E-state index is 0. The van der Waals surface area contributed by atoms with Crippen LogP contribution in [0.5, 0.6) is 0 Å². The molecule has 0 bridgehead atoms. The van der Waals surface area contributed by atoms with E-state index in [1.54, 1.807) is 6.20 Å². The highest BCUT2D eigenvalue weighted by molar-refractivity contribution is 5.85. The Morgan fingerprint density at radius 2 is 2.29 bits per heavy atom. The summed E-state index contributed by atoms with van der Waals surface area (Å²) in [6, 6.07) is 3.98. The molecule has 1 aromatic heterocycles. The van der Waals surface area contributed by atoms with Crippen LogP contribution in [0.2, 0.25) is 0 Å². The van der Waals surface area contributed by atoms with Crippen molar-refractivity contribution in [2.75, 3.05) is 19.7 Å². The SMILES string of the molecule is Cl.Cl.c1cncc(C2CNCCO2)c1. The smallest absolute Gasteiger partial charge is 0.0964 e. The van der Waals surface area contributed by atoms with Crippen LogP contribution < -0.4 is 5.32 Å². The molecule has 1 atom stereocenters. The number of aromatic nitrogens is 1. The summed E-state index contributed by atoms with van der Waals surface area (Å²) in [5.74, 6) is 0. The molecule has 1 saturated heterocycles. The Bertz CT molecular complexity index is 240. The number of pyridine rings is 1. The molecule has 0 amide bonds. The molecular formula is C9H14Cl2N2O. The third kappa shape index (κ3) is 3.42. The molecule has 1 unspecified atom stereocenters. The fourth-order valence-corrected chi connectivity index (χ4v) is 1.35. The van der Waals surface area contributed by atoms with Gasteiger partial charge in [-0.15, -0.1) is 24.8 Å². The zero-order valence-electron chi connectivity index (χ0n) is 7.68. The molecule has 0 spiro atoms. The number of rotatable bonds is 1. The van der Waals surface area contributed by atoms with Crippen LogP contribution in [0, 0.1) is 0 Å². The molecular weight excluding hydrogens is 223 g/mol. The maximum atomic E-state index is 5.56. The van der Waals surface area contributed by atoms with Crippen LogP contribution in [0.15, 0.2) is 24.5 Å². The highest BCUT2D eigenvalue weighted by Gasteiger charge is 2.14. The van der Waals surface area contributed by atoms with Crippen molar-refractivity contribution in [1.29, 1.82) is 0 Å². The number of halogens is 2. The van der Waals surface area contributed by atoms with E-state index in [2.05, 4.69) is 10.3 Å². The van der Waals surface area contributed by atoms with Gasteiger partial charge >= 0.3 is 0 Å². The van der Waals surface area contributed by atoms with Crippen molar-refractivity contribution >= 4 is 24.8 Å². The van der Waals surface area contributed by atoms with Gasteiger partial charge in [0.2, 0.25) is 0 Å². The number of ether oxygens (including phenoxy) is 1. The molecule has 80 valence electrons. The molecule has 0 radical (unpaired) electrons. The summed E-state index contributed by atoms with van der Waals surface area (Å²) in [5, 5.41) is 3.28. The molecule has 1 N–H and O–H groups in total. The molecule has 3 nitrogen and oxygen atoms in total. The second-order valence-electron chi connectivity index (χ2n) is 2.85. The Morgan fingerprint density at radius 1 is 1.43 bits per heavy atom. The molecule has 5 heteroatoms. The van der Waals surface area contributed by atoms with Crippen LogP contribution in [0.3, 0.4) is 0 Å². The fourth-order valence-electron chi connectivity index (χ4n) is 1.35. The van der Waals surface area contributed by atoms with Crippen molar-refractivity contribution in [2.45, 2.75) is 6.10 Å². The van der Waals surface area contributed by atoms with Crippen molar-refractivity contribution in [1.82, 2.24) is 10.3 Å². The first kappa shape index (κ1) is 13.7. The lowest BCUT2D eigenvalue weighted by molar-refractivity contribution is 0.0275. The Kier molecular flexibility index (Phi) is 6.83. The summed E-state index contributed by atoms with van der Waals surface area (Å²) >= 11 is 0. The molecule has 1 aliphatic heterocycles. The normalized spacial score (nSPS) is 20.4. The van der Waals surface area contributed by atoms with E-state index in [-0.39, 0.29) is 30.9 Å². The average Bonchev–Trinajstić information content (AvgIpc) is 2.21. The molecule has 1 aromatic rings. The predicted molar refractivity (Wildman–Crippen MR) is 60.3 cm³/mol. The van der Waals surface area contributed by atoms with Gasteiger partial charge in [-0.25, -0.2) is 0 Å². The lowest BCUT2D eigenvalue weighted by Crippen LogP contribution is -2.33. The highest BCUT2D eigenvalue weighted by Crippen LogP contribution is 2.16. The molecule has 2 rings (SSSR count). The lowest BCUT2D eigenvalue weighted by Gasteiger charge is -2.23. The minimum Gasteiger partial charge on any atom is -0.371 e. The van der Waals surface area contributed by atoms with Gasteiger partial charge in [0.15, 0.2) is 0 Å². The first-order chi connectivity index (χ1) is 5.97. The van der Waals surface area contributed by atoms with Gasteiger partial charge in [-0.2, -0.15) is 0 Å². The second kappa shape index (κ2) is 7.01. The van der Waals surface area contributed by atoms with Gasteiger partial charge in [0, 0.05) is 31.0 Å². The van der Waals surface area contributed by atoms with E-state index >= 15 is 0 Å². The predicted octanol–water partition coefficient (Wildman–Crippen LogP) is 1.59. The third-order valence-electron chi connectivity index (χ3n) is 1.98. The van der Waals surface area contributed by atoms with Crippen molar-refractivity contribution in [3.63, 3.8) is 0 Å². The van der Waals surface area contributed by atoms with E-state index in [4.69, 9.17) is 4.74 Å². The van der Waals surface area contributed by atoms with Gasteiger partial charge in [-0.05, 0) is 6.07 Å². The zero-order valence-corrected chi connectivity index (χ0v) is 9.31.